The second-order valence-corrected chi connectivity index (χ2v) is 5.89. The van der Waals surface area contributed by atoms with Crippen molar-refractivity contribution in [3.63, 3.8) is 0 Å². The van der Waals surface area contributed by atoms with E-state index in [2.05, 4.69) is 20.6 Å². The zero-order valence-electron chi connectivity index (χ0n) is 12.4. The fourth-order valence-electron chi connectivity index (χ4n) is 3.30. The number of pyridine rings is 1. The smallest absolute Gasteiger partial charge is 0.200 e. The van der Waals surface area contributed by atoms with E-state index in [4.69, 9.17) is 9.72 Å². The fraction of sp³-hybridized carbons (Fsp3) is 0.312. The van der Waals surface area contributed by atoms with Gasteiger partial charge in [-0.25, -0.2) is 9.97 Å². The van der Waals surface area contributed by atoms with Gasteiger partial charge >= 0.3 is 0 Å². The van der Waals surface area contributed by atoms with E-state index in [9.17, 15) is 0 Å². The van der Waals surface area contributed by atoms with E-state index >= 15 is 0 Å². The minimum atomic E-state index is 0.0701. The van der Waals surface area contributed by atoms with Crippen molar-refractivity contribution in [3.05, 3.63) is 36.8 Å². The molecule has 116 valence electrons. The molecule has 5 heterocycles. The molecule has 3 aromatic rings. The van der Waals surface area contributed by atoms with Crippen molar-refractivity contribution in [3.8, 4) is 17.3 Å². The van der Waals surface area contributed by atoms with Gasteiger partial charge in [-0.05, 0) is 25.1 Å². The summed E-state index contributed by atoms with van der Waals surface area (Å²) in [5.74, 6) is 1.56. The molecular formula is C16H16N6O. The lowest BCUT2D eigenvalue weighted by Crippen LogP contribution is -2.51. The summed E-state index contributed by atoms with van der Waals surface area (Å²) in [5.41, 5.74) is 2.52. The molecule has 0 radical (unpaired) electrons. The molecule has 2 aliphatic rings. The highest BCUT2D eigenvalue weighted by Gasteiger charge is 2.29. The SMILES string of the molecule is c1cc2n3c(cnc3c1)-c1cncc(n1)N[C@@H]1CNCC[C@H]1O2. The average Bonchev–Trinajstić information content (AvgIpc) is 3.02. The molecule has 0 aliphatic carbocycles. The van der Waals surface area contributed by atoms with Gasteiger partial charge in [0.15, 0.2) is 5.88 Å². The molecule has 2 bridgehead atoms. The molecule has 7 heteroatoms. The number of rotatable bonds is 0. The molecule has 2 N–H and O–H groups in total. The summed E-state index contributed by atoms with van der Waals surface area (Å²) >= 11 is 0. The number of hydrogen-bond donors (Lipinski definition) is 2. The molecule has 0 saturated carbocycles. The maximum Gasteiger partial charge on any atom is 0.200 e. The van der Waals surface area contributed by atoms with E-state index in [-0.39, 0.29) is 12.1 Å². The lowest BCUT2D eigenvalue weighted by Gasteiger charge is -2.34. The first-order valence-corrected chi connectivity index (χ1v) is 7.81. The highest BCUT2D eigenvalue weighted by atomic mass is 16.5. The van der Waals surface area contributed by atoms with Gasteiger partial charge in [-0.2, -0.15) is 0 Å². The lowest BCUT2D eigenvalue weighted by molar-refractivity contribution is 0.140. The van der Waals surface area contributed by atoms with Crippen molar-refractivity contribution in [2.24, 2.45) is 0 Å². The summed E-state index contributed by atoms with van der Waals surface area (Å²) in [6.45, 7) is 1.78. The molecule has 2 atom stereocenters. The number of hydrogen-bond acceptors (Lipinski definition) is 6. The van der Waals surface area contributed by atoms with Crippen LogP contribution in [0.3, 0.4) is 0 Å². The molecule has 1 saturated heterocycles. The molecule has 0 unspecified atom stereocenters. The first-order chi connectivity index (χ1) is 11.4. The molecule has 2 aliphatic heterocycles. The summed E-state index contributed by atoms with van der Waals surface area (Å²) in [5, 5.41) is 6.86. The number of fused-ring (bicyclic) bond motifs is 4. The highest BCUT2D eigenvalue weighted by Crippen LogP contribution is 2.28. The van der Waals surface area contributed by atoms with Gasteiger partial charge in [-0.15, -0.1) is 0 Å². The topological polar surface area (TPSA) is 76.4 Å². The summed E-state index contributed by atoms with van der Waals surface area (Å²) in [6.07, 6.45) is 6.33. The third-order valence-corrected chi connectivity index (χ3v) is 4.41. The van der Waals surface area contributed by atoms with Gasteiger partial charge in [0.2, 0.25) is 0 Å². The number of imidazole rings is 1. The number of ether oxygens (including phenoxy) is 1. The molecule has 1 fully saturated rings. The molecule has 0 spiro atoms. The van der Waals surface area contributed by atoms with E-state index in [1.54, 1.807) is 12.4 Å². The van der Waals surface area contributed by atoms with E-state index in [1.807, 2.05) is 28.8 Å². The van der Waals surface area contributed by atoms with Crippen LogP contribution in [0.1, 0.15) is 6.42 Å². The molecule has 7 nitrogen and oxygen atoms in total. The van der Waals surface area contributed by atoms with Crippen molar-refractivity contribution in [2.45, 2.75) is 18.6 Å². The maximum atomic E-state index is 6.37. The van der Waals surface area contributed by atoms with Crippen molar-refractivity contribution in [1.29, 1.82) is 0 Å². The van der Waals surface area contributed by atoms with Crippen LogP contribution in [-0.2, 0) is 0 Å². The van der Waals surface area contributed by atoms with Crippen LogP contribution in [-0.4, -0.2) is 44.6 Å². The second kappa shape index (κ2) is 4.92. The van der Waals surface area contributed by atoms with Crippen LogP contribution in [0.25, 0.3) is 17.0 Å². The van der Waals surface area contributed by atoms with Crippen molar-refractivity contribution < 1.29 is 4.74 Å². The Kier molecular flexibility index (Phi) is 2.75. The molecule has 0 aromatic carbocycles. The predicted molar refractivity (Wildman–Crippen MR) is 85.5 cm³/mol. The number of nitrogens with one attached hydrogen (secondary N) is 2. The Morgan fingerprint density at radius 2 is 2.22 bits per heavy atom. The Morgan fingerprint density at radius 3 is 3.22 bits per heavy atom. The number of nitrogens with zero attached hydrogens (tertiary/aromatic N) is 4. The van der Waals surface area contributed by atoms with Crippen LogP contribution in [0.5, 0.6) is 5.88 Å². The van der Waals surface area contributed by atoms with Crippen LogP contribution >= 0.6 is 0 Å². The second-order valence-electron chi connectivity index (χ2n) is 5.89. The van der Waals surface area contributed by atoms with Gasteiger partial charge in [-0.3, -0.25) is 9.38 Å². The van der Waals surface area contributed by atoms with Gasteiger partial charge < -0.3 is 15.4 Å². The van der Waals surface area contributed by atoms with Gasteiger partial charge in [0.25, 0.3) is 0 Å². The third-order valence-electron chi connectivity index (χ3n) is 4.41. The number of piperidine rings is 1. The molecule has 23 heavy (non-hydrogen) atoms. The van der Waals surface area contributed by atoms with E-state index in [0.29, 0.717) is 0 Å². The largest absolute Gasteiger partial charge is 0.473 e. The molecular weight excluding hydrogens is 292 g/mol. The third kappa shape index (κ3) is 2.04. The molecule has 5 rings (SSSR count). The van der Waals surface area contributed by atoms with E-state index < -0.39 is 0 Å². The normalized spacial score (nSPS) is 22.8. The van der Waals surface area contributed by atoms with E-state index in [0.717, 1.165) is 48.2 Å². The Morgan fingerprint density at radius 1 is 1.22 bits per heavy atom. The van der Waals surface area contributed by atoms with Crippen LogP contribution in [0.15, 0.2) is 36.8 Å². The Hall–Kier alpha value is -2.67. The quantitative estimate of drug-likeness (QED) is 0.652. The summed E-state index contributed by atoms with van der Waals surface area (Å²) in [4.78, 5) is 13.5. The molecule has 0 amide bonds. The average molecular weight is 308 g/mol. The summed E-state index contributed by atoms with van der Waals surface area (Å²) < 4.78 is 8.38. The maximum absolute atomic E-state index is 6.37. The highest BCUT2D eigenvalue weighted by molar-refractivity contribution is 5.62. The fourth-order valence-corrected chi connectivity index (χ4v) is 3.30. The summed E-state index contributed by atoms with van der Waals surface area (Å²) in [7, 11) is 0. The minimum absolute atomic E-state index is 0.0701. The van der Waals surface area contributed by atoms with Crippen molar-refractivity contribution >= 4 is 11.5 Å². The zero-order valence-corrected chi connectivity index (χ0v) is 12.4. The minimum Gasteiger partial charge on any atom is -0.473 e. The van der Waals surface area contributed by atoms with Crippen LogP contribution in [0.4, 0.5) is 5.82 Å². The monoisotopic (exact) mass is 308 g/mol. The Labute approximate surface area is 132 Å². The number of anilines is 1. The predicted octanol–water partition coefficient (Wildman–Crippen LogP) is 1.33. The van der Waals surface area contributed by atoms with Crippen molar-refractivity contribution in [2.75, 3.05) is 18.4 Å². The molecule has 3 aromatic heterocycles. The van der Waals surface area contributed by atoms with Crippen LogP contribution in [0, 0.1) is 0 Å². The van der Waals surface area contributed by atoms with Gasteiger partial charge in [0, 0.05) is 6.54 Å². The first-order valence-electron chi connectivity index (χ1n) is 7.81. The lowest BCUT2D eigenvalue weighted by atomic mass is 10.0. The Bertz CT molecular complexity index is 876. The first kappa shape index (κ1) is 12.8. The summed E-state index contributed by atoms with van der Waals surface area (Å²) in [6, 6.07) is 6.07. The van der Waals surface area contributed by atoms with Gasteiger partial charge in [-0.1, -0.05) is 6.07 Å². The van der Waals surface area contributed by atoms with Crippen LogP contribution in [0.2, 0.25) is 0 Å². The van der Waals surface area contributed by atoms with Crippen LogP contribution < -0.4 is 15.4 Å². The standard InChI is InChI=1S/C16H16N6O/c1-2-15-19-8-12-10-6-18-9-14(20-10)21-11-7-17-5-4-13(11)23-16(3-1)22(12)15/h1-3,6,8-9,11,13,17H,4-5,7H2,(H,20,21)/t11-,13-/m1/s1. The Balaban J connectivity index is 1.76. The van der Waals surface area contributed by atoms with Crippen molar-refractivity contribution in [1.82, 2.24) is 24.7 Å². The number of aromatic nitrogens is 4. The van der Waals surface area contributed by atoms with Gasteiger partial charge in [0.1, 0.15) is 23.3 Å². The van der Waals surface area contributed by atoms with Gasteiger partial charge in [0.05, 0.1) is 30.3 Å². The zero-order chi connectivity index (χ0) is 15.2. The van der Waals surface area contributed by atoms with E-state index in [1.165, 1.54) is 0 Å².